The second-order valence-corrected chi connectivity index (χ2v) is 4.02. The minimum atomic E-state index is 1.04. The zero-order chi connectivity index (χ0) is 10.6. The van der Waals surface area contributed by atoms with Crippen LogP contribution in [0.3, 0.4) is 0 Å². The molecular weight excluding hydrogens is 170 g/mol. The van der Waals surface area contributed by atoms with E-state index in [9.17, 15) is 0 Å². The fraction of sp³-hybridized carbons (Fsp3) is 0.385. The Morgan fingerprint density at radius 3 is 2.29 bits per heavy atom. The van der Waals surface area contributed by atoms with Gasteiger partial charge in [-0.2, -0.15) is 0 Å². The molecule has 0 spiro atoms. The van der Waals surface area contributed by atoms with Gasteiger partial charge in [-0.05, 0) is 38.6 Å². The Kier molecular flexibility index (Phi) is 3.90. The lowest BCUT2D eigenvalue weighted by Gasteiger charge is -2.11. The summed E-state index contributed by atoms with van der Waals surface area (Å²) in [4.78, 5) is 2.18. The maximum Gasteiger partial charge on any atom is 0.00157 e. The fourth-order valence-corrected chi connectivity index (χ4v) is 1.29. The van der Waals surface area contributed by atoms with Gasteiger partial charge in [0.2, 0.25) is 0 Å². The van der Waals surface area contributed by atoms with Crippen LogP contribution >= 0.6 is 0 Å². The van der Waals surface area contributed by atoms with Gasteiger partial charge in [0, 0.05) is 6.54 Å². The maximum atomic E-state index is 4.10. The third kappa shape index (κ3) is 3.35. The highest BCUT2D eigenvalue weighted by atomic mass is 15.0. The van der Waals surface area contributed by atoms with Gasteiger partial charge in [0.1, 0.15) is 0 Å². The van der Waals surface area contributed by atoms with Gasteiger partial charge in [-0.15, -0.1) is 0 Å². The highest BCUT2D eigenvalue weighted by Crippen LogP contribution is 2.16. The largest absolute Gasteiger partial charge is 0.309 e. The van der Waals surface area contributed by atoms with Crippen LogP contribution in [0.5, 0.6) is 0 Å². The van der Waals surface area contributed by atoms with Gasteiger partial charge < -0.3 is 4.90 Å². The summed E-state index contributed by atoms with van der Waals surface area (Å²) in [5.74, 6) is 0. The van der Waals surface area contributed by atoms with Crippen molar-refractivity contribution in [1.82, 2.24) is 4.90 Å². The zero-order valence-electron chi connectivity index (χ0n) is 9.38. The monoisotopic (exact) mass is 189 g/mol. The van der Waals surface area contributed by atoms with E-state index in [1.54, 1.807) is 0 Å². The first-order valence-electron chi connectivity index (χ1n) is 4.99. The Balaban J connectivity index is 2.57. The van der Waals surface area contributed by atoms with Gasteiger partial charge in [0.05, 0.1) is 0 Å². The molecule has 0 bridgehead atoms. The second-order valence-electron chi connectivity index (χ2n) is 4.02. The molecule has 0 heterocycles. The maximum absolute atomic E-state index is 4.10. The average molecular weight is 189 g/mol. The van der Waals surface area contributed by atoms with Crippen LogP contribution in [0.4, 0.5) is 0 Å². The van der Waals surface area contributed by atoms with E-state index in [1.165, 1.54) is 16.7 Å². The summed E-state index contributed by atoms with van der Waals surface area (Å²) in [6.07, 6.45) is 1.04. The highest BCUT2D eigenvalue weighted by Gasteiger charge is 1.99. The summed E-state index contributed by atoms with van der Waals surface area (Å²) in [5.41, 5.74) is 3.78. The van der Waals surface area contributed by atoms with E-state index in [-0.39, 0.29) is 0 Å². The molecule has 14 heavy (non-hydrogen) atoms. The zero-order valence-corrected chi connectivity index (χ0v) is 9.38. The normalized spacial score (nSPS) is 10.6. The van der Waals surface area contributed by atoms with Gasteiger partial charge in [-0.3, -0.25) is 0 Å². The van der Waals surface area contributed by atoms with Crippen molar-refractivity contribution in [3.05, 3.63) is 42.0 Å². The molecule has 0 fully saturated rings. The number of benzene rings is 1. The van der Waals surface area contributed by atoms with Crippen LogP contribution in [0.1, 0.15) is 17.5 Å². The number of rotatable bonds is 4. The molecule has 1 aromatic carbocycles. The molecule has 0 aliphatic heterocycles. The third-order valence-corrected chi connectivity index (χ3v) is 2.32. The molecule has 0 radical (unpaired) electrons. The molecule has 1 heteroatoms. The quantitative estimate of drug-likeness (QED) is 0.704. The Hall–Kier alpha value is -1.08. The van der Waals surface area contributed by atoms with Crippen LogP contribution in [0.2, 0.25) is 0 Å². The van der Waals surface area contributed by atoms with Crippen LogP contribution in [-0.2, 0) is 0 Å². The lowest BCUT2D eigenvalue weighted by Crippen LogP contribution is -2.13. The molecule has 1 nitrogen and oxygen atoms in total. The molecule has 0 saturated heterocycles. The van der Waals surface area contributed by atoms with Crippen LogP contribution in [0.25, 0.3) is 5.57 Å². The topological polar surface area (TPSA) is 3.24 Å². The van der Waals surface area contributed by atoms with Crippen LogP contribution in [0.15, 0.2) is 30.8 Å². The Bertz CT molecular complexity index is 296. The fourth-order valence-electron chi connectivity index (χ4n) is 1.29. The third-order valence-electron chi connectivity index (χ3n) is 2.32. The Labute approximate surface area is 87.1 Å². The molecule has 76 valence electrons. The predicted molar refractivity (Wildman–Crippen MR) is 63.4 cm³/mol. The number of hydrogen-bond donors (Lipinski definition) is 0. The molecule has 0 N–H and O–H groups in total. The minimum absolute atomic E-state index is 1.04. The van der Waals surface area contributed by atoms with Gasteiger partial charge in [0.15, 0.2) is 0 Å². The first-order valence-corrected chi connectivity index (χ1v) is 4.99. The summed E-state index contributed by atoms with van der Waals surface area (Å²) in [6.45, 7) is 7.27. The van der Waals surface area contributed by atoms with Crippen LogP contribution < -0.4 is 0 Å². The first-order chi connectivity index (χ1) is 6.59. The second kappa shape index (κ2) is 4.97. The standard InChI is InChI=1S/C13H19N/c1-11-5-7-13(8-6-11)12(2)9-10-14(3)4/h5-8H,2,9-10H2,1,3-4H3. The van der Waals surface area contributed by atoms with E-state index in [0.717, 1.165) is 13.0 Å². The van der Waals surface area contributed by atoms with Crippen molar-refractivity contribution in [2.75, 3.05) is 20.6 Å². The van der Waals surface area contributed by atoms with Gasteiger partial charge >= 0.3 is 0 Å². The van der Waals surface area contributed by atoms with Crippen LogP contribution in [-0.4, -0.2) is 25.5 Å². The van der Waals surface area contributed by atoms with E-state index < -0.39 is 0 Å². The van der Waals surface area contributed by atoms with Gasteiger partial charge in [-0.25, -0.2) is 0 Å². The van der Waals surface area contributed by atoms with Crippen molar-refractivity contribution in [3.8, 4) is 0 Å². The van der Waals surface area contributed by atoms with Gasteiger partial charge in [0.25, 0.3) is 0 Å². The van der Waals surface area contributed by atoms with E-state index in [4.69, 9.17) is 0 Å². The average Bonchev–Trinajstić information content (AvgIpc) is 2.15. The minimum Gasteiger partial charge on any atom is -0.309 e. The van der Waals surface area contributed by atoms with Crippen molar-refractivity contribution < 1.29 is 0 Å². The summed E-state index contributed by atoms with van der Waals surface area (Å²) in [5, 5.41) is 0. The molecular formula is C13H19N. The SMILES string of the molecule is C=C(CCN(C)C)c1ccc(C)cc1. The van der Waals surface area contributed by atoms with Crippen molar-refractivity contribution in [3.63, 3.8) is 0 Å². The number of hydrogen-bond acceptors (Lipinski definition) is 1. The molecule has 0 aromatic heterocycles. The summed E-state index contributed by atoms with van der Waals surface area (Å²) >= 11 is 0. The van der Waals surface area contributed by atoms with Crippen molar-refractivity contribution in [2.24, 2.45) is 0 Å². The summed E-state index contributed by atoms with van der Waals surface area (Å²) in [6, 6.07) is 8.56. The lowest BCUT2D eigenvalue weighted by molar-refractivity contribution is 0.419. The Morgan fingerprint density at radius 1 is 1.21 bits per heavy atom. The Morgan fingerprint density at radius 2 is 1.79 bits per heavy atom. The van der Waals surface area contributed by atoms with Crippen molar-refractivity contribution in [1.29, 1.82) is 0 Å². The molecule has 1 rings (SSSR count). The molecule has 0 aliphatic carbocycles. The molecule has 0 saturated carbocycles. The smallest absolute Gasteiger partial charge is 0.00157 e. The van der Waals surface area contributed by atoms with E-state index in [2.05, 4.69) is 56.8 Å². The van der Waals surface area contributed by atoms with Gasteiger partial charge in [-0.1, -0.05) is 36.4 Å². The highest BCUT2D eigenvalue weighted by molar-refractivity contribution is 5.63. The van der Waals surface area contributed by atoms with E-state index in [0.29, 0.717) is 0 Å². The summed E-state index contributed by atoms with van der Waals surface area (Å²) in [7, 11) is 4.17. The van der Waals surface area contributed by atoms with Crippen molar-refractivity contribution >= 4 is 5.57 Å². The molecule has 0 atom stereocenters. The lowest BCUT2D eigenvalue weighted by atomic mass is 10.0. The number of nitrogens with zero attached hydrogens (tertiary/aromatic N) is 1. The molecule has 1 aromatic rings. The predicted octanol–water partition coefficient (Wildman–Crippen LogP) is 2.96. The van der Waals surface area contributed by atoms with E-state index >= 15 is 0 Å². The van der Waals surface area contributed by atoms with Crippen molar-refractivity contribution in [2.45, 2.75) is 13.3 Å². The molecule has 0 aliphatic rings. The molecule has 0 amide bonds. The first kappa shape index (κ1) is 11.0. The van der Waals surface area contributed by atoms with E-state index in [1.807, 2.05) is 0 Å². The molecule has 0 unspecified atom stereocenters. The van der Waals surface area contributed by atoms with Crippen LogP contribution in [0, 0.1) is 6.92 Å². The summed E-state index contributed by atoms with van der Waals surface area (Å²) < 4.78 is 0. The number of aryl methyl sites for hydroxylation is 1.